The van der Waals surface area contributed by atoms with E-state index in [0.717, 1.165) is 20.7 Å². The minimum Gasteiger partial charge on any atom is -0.388 e. The van der Waals surface area contributed by atoms with Gasteiger partial charge in [0.25, 0.3) is 0 Å². The van der Waals surface area contributed by atoms with Crippen molar-refractivity contribution in [2.24, 2.45) is 0 Å². The Bertz CT molecular complexity index is 481. The summed E-state index contributed by atoms with van der Waals surface area (Å²) in [5.74, 6) is 0. The Balaban J connectivity index is 2.29. The minimum absolute atomic E-state index is 0.812. The maximum absolute atomic E-state index is 5.93. The zero-order valence-electron chi connectivity index (χ0n) is 9.20. The van der Waals surface area contributed by atoms with Crippen LogP contribution in [0.2, 0.25) is 4.34 Å². The molecule has 1 heterocycles. The molecule has 1 N–H and O–H groups in total. The first kappa shape index (κ1) is 11.3. The van der Waals surface area contributed by atoms with E-state index in [-0.39, 0.29) is 0 Å². The van der Waals surface area contributed by atoms with Crippen LogP contribution in [0.3, 0.4) is 0 Å². The Morgan fingerprint density at radius 3 is 2.69 bits per heavy atom. The van der Waals surface area contributed by atoms with Crippen LogP contribution >= 0.6 is 22.9 Å². The Morgan fingerprint density at radius 2 is 2.06 bits per heavy atom. The fourth-order valence-electron chi connectivity index (χ4n) is 1.48. The summed E-state index contributed by atoms with van der Waals surface area (Å²) < 4.78 is 0.812. The van der Waals surface area contributed by atoms with Gasteiger partial charge in [0, 0.05) is 25.5 Å². The molecule has 0 radical (unpaired) electrons. The number of rotatable bonds is 3. The highest BCUT2D eigenvalue weighted by Gasteiger charge is 2.06. The van der Waals surface area contributed by atoms with E-state index < -0.39 is 0 Å². The molecule has 0 aliphatic heterocycles. The van der Waals surface area contributed by atoms with E-state index in [9.17, 15) is 0 Å². The number of anilines is 3. The van der Waals surface area contributed by atoms with Crippen molar-refractivity contribution in [1.29, 1.82) is 0 Å². The van der Waals surface area contributed by atoms with E-state index in [4.69, 9.17) is 11.6 Å². The van der Waals surface area contributed by atoms with Crippen LogP contribution < -0.4 is 10.2 Å². The summed E-state index contributed by atoms with van der Waals surface area (Å²) in [5, 5.41) is 4.27. The highest BCUT2D eigenvalue weighted by Crippen LogP contribution is 2.33. The average molecular weight is 253 g/mol. The predicted molar refractivity (Wildman–Crippen MR) is 73.4 cm³/mol. The van der Waals surface area contributed by atoms with Crippen LogP contribution in [0.4, 0.5) is 16.4 Å². The molecule has 0 fully saturated rings. The second-order valence-electron chi connectivity index (χ2n) is 3.44. The third-order valence-corrected chi connectivity index (χ3v) is 3.72. The first-order chi connectivity index (χ1) is 7.70. The normalized spacial score (nSPS) is 10.2. The van der Waals surface area contributed by atoms with Gasteiger partial charge in [0.15, 0.2) is 0 Å². The van der Waals surface area contributed by atoms with Crippen LogP contribution in [0.15, 0.2) is 36.4 Å². The lowest BCUT2D eigenvalue weighted by Gasteiger charge is -2.17. The standard InChI is InChI=1S/C12H13ClN2S/c1-14-9-4-3-5-10(8-9)15(2)12-7-6-11(13)16-12/h3-8,14H,1-2H3. The molecule has 2 aromatic rings. The van der Waals surface area contributed by atoms with E-state index in [2.05, 4.69) is 22.3 Å². The molecule has 2 rings (SSSR count). The van der Waals surface area contributed by atoms with Gasteiger partial charge in [0.1, 0.15) is 0 Å². The van der Waals surface area contributed by atoms with Gasteiger partial charge in [0.2, 0.25) is 0 Å². The molecule has 0 aliphatic rings. The zero-order chi connectivity index (χ0) is 11.5. The monoisotopic (exact) mass is 252 g/mol. The second-order valence-corrected chi connectivity index (χ2v) is 5.13. The maximum Gasteiger partial charge on any atom is 0.0966 e. The lowest BCUT2D eigenvalue weighted by Crippen LogP contribution is -2.07. The van der Waals surface area contributed by atoms with E-state index in [1.165, 1.54) is 0 Å². The summed E-state index contributed by atoms with van der Waals surface area (Å²) in [7, 11) is 3.96. The molecular weight excluding hydrogens is 240 g/mol. The summed E-state index contributed by atoms with van der Waals surface area (Å²) in [6.45, 7) is 0. The fraction of sp³-hybridized carbons (Fsp3) is 0.167. The van der Waals surface area contributed by atoms with Crippen molar-refractivity contribution in [3.8, 4) is 0 Å². The number of benzene rings is 1. The number of halogens is 1. The van der Waals surface area contributed by atoms with Gasteiger partial charge in [0.05, 0.1) is 9.34 Å². The quantitative estimate of drug-likeness (QED) is 0.880. The predicted octanol–water partition coefficient (Wildman–Crippen LogP) is 4.21. The molecule has 84 valence electrons. The van der Waals surface area contributed by atoms with Gasteiger partial charge < -0.3 is 10.2 Å². The fourth-order valence-corrected chi connectivity index (χ4v) is 2.50. The number of hydrogen-bond acceptors (Lipinski definition) is 3. The van der Waals surface area contributed by atoms with Crippen LogP contribution in [0.25, 0.3) is 0 Å². The number of nitrogens with zero attached hydrogens (tertiary/aromatic N) is 1. The SMILES string of the molecule is CNc1cccc(N(C)c2ccc(Cl)s2)c1. The largest absolute Gasteiger partial charge is 0.388 e. The summed E-state index contributed by atoms with van der Waals surface area (Å²) in [6.07, 6.45) is 0. The van der Waals surface area contributed by atoms with Crippen molar-refractivity contribution in [3.05, 3.63) is 40.7 Å². The maximum atomic E-state index is 5.93. The number of hydrogen-bond donors (Lipinski definition) is 1. The Labute approximate surface area is 104 Å². The zero-order valence-corrected chi connectivity index (χ0v) is 10.8. The molecule has 0 atom stereocenters. The first-order valence-electron chi connectivity index (χ1n) is 4.97. The second kappa shape index (κ2) is 4.76. The average Bonchev–Trinajstić information content (AvgIpc) is 2.75. The van der Waals surface area contributed by atoms with E-state index in [0.29, 0.717) is 0 Å². The molecule has 0 aliphatic carbocycles. The van der Waals surface area contributed by atoms with Crippen LogP contribution in [0.5, 0.6) is 0 Å². The third-order valence-electron chi connectivity index (χ3n) is 2.41. The van der Waals surface area contributed by atoms with Gasteiger partial charge in [-0.15, -0.1) is 11.3 Å². The number of nitrogens with one attached hydrogen (secondary N) is 1. The van der Waals surface area contributed by atoms with Crippen molar-refractivity contribution in [2.45, 2.75) is 0 Å². The summed E-state index contributed by atoms with van der Waals surface area (Å²) in [4.78, 5) is 2.12. The van der Waals surface area contributed by atoms with Crippen LogP contribution in [0.1, 0.15) is 0 Å². The van der Waals surface area contributed by atoms with Gasteiger partial charge in [-0.3, -0.25) is 0 Å². The summed E-state index contributed by atoms with van der Waals surface area (Å²) in [5.41, 5.74) is 2.25. The molecule has 4 heteroatoms. The van der Waals surface area contributed by atoms with Gasteiger partial charge in [-0.2, -0.15) is 0 Å². The van der Waals surface area contributed by atoms with Gasteiger partial charge >= 0.3 is 0 Å². The van der Waals surface area contributed by atoms with E-state index in [1.54, 1.807) is 11.3 Å². The third kappa shape index (κ3) is 2.31. The van der Waals surface area contributed by atoms with E-state index >= 15 is 0 Å². The van der Waals surface area contributed by atoms with Crippen molar-refractivity contribution in [1.82, 2.24) is 0 Å². The molecule has 1 aromatic carbocycles. The van der Waals surface area contributed by atoms with Gasteiger partial charge in [-0.25, -0.2) is 0 Å². The first-order valence-corrected chi connectivity index (χ1v) is 6.17. The molecule has 0 spiro atoms. The Morgan fingerprint density at radius 1 is 1.25 bits per heavy atom. The smallest absolute Gasteiger partial charge is 0.0966 e. The van der Waals surface area contributed by atoms with Crippen LogP contribution in [-0.2, 0) is 0 Å². The molecule has 2 nitrogen and oxygen atoms in total. The number of thiophene rings is 1. The molecule has 0 unspecified atom stereocenters. The molecule has 16 heavy (non-hydrogen) atoms. The summed E-state index contributed by atoms with van der Waals surface area (Å²) in [6, 6.07) is 12.2. The van der Waals surface area contributed by atoms with E-state index in [1.807, 2.05) is 38.4 Å². The summed E-state index contributed by atoms with van der Waals surface area (Å²) >= 11 is 7.51. The van der Waals surface area contributed by atoms with Gasteiger partial charge in [-0.1, -0.05) is 17.7 Å². The molecule has 0 saturated heterocycles. The molecule has 1 aromatic heterocycles. The van der Waals surface area contributed by atoms with Gasteiger partial charge in [-0.05, 0) is 30.3 Å². The highest BCUT2D eigenvalue weighted by atomic mass is 35.5. The van der Waals surface area contributed by atoms with Crippen LogP contribution in [0, 0.1) is 0 Å². The Kier molecular flexibility index (Phi) is 3.36. The minimum atomic E-state index is 0.812. The lowest BCUT2D eigenvalue weighted by molar-refractivity contribution is 1.24. The van der Waals surface area contributed by atoms with Crippen LogP contribution in [-0.4, -0.2) is 14.1 Å². The molecule has 0 amide bonds. The van der Waals surface area contributed by atoms with Crippen molar-refractivity contribution < 1.29 is 0 Å². The van der Waals surface area contributed by atoms with Crippen molar-refractivity contribution in [2.75, 3.05) is 24.3 Å². The highest BCUT2D eigenvalue weighted by molar-refractivity contribution is 7.20. The van der Waals surface area contributed by atoms with Crippen molar-refractivity contribution >= 4 is 39.3 Å². The topological polar surface area (TPSA) is 15.3 Å². The Hall–Kier alpha value is -1.19. The van der Waals surface area contributed by atoms with Crippen molar-refractivity contribution in [3.63, 3.8) is 0 Å². The molecule has 0 bridgehead atoms. The molecule has 0 saturated carbocycles. The lowest BCUT2D eigenvalue weighted by atomic mass is 10.2. The molecular formula is C12H13ClN2S.